The Balaban J connectivity index is 0.00000110. The molecular formula is C47H82F2N6. The van der Waals surface area contributed by atoms with Crippen LogP contribution < -0.4 is 10.2 Å². The summed E-state index contributed by atoms with van der Waals surface area (Å²) < 4.78 is 25.2. The van der Waals surface area contributed by atoms with Crippen molar-refractivity contribution in [1.29, 1.82) is 0 Å². The number of hydrogen-bond acceptors (Lipinski definition) is 6. The van der Waals surface area contributed by atoms with Gasteiger partial charge in [-0.3, -0.25) is 14.8 Å². The molecule has 1 aromatic heterocycles. The highest BCUT2D eigenvalue weighted by atomic mass is 19.2. The number of nitrogens with one attached hydrogen (secondary N) is 1. The van der Waals surface area contributed by atoms with Gasteiger partial charge in [0.2, 0.25) is 0 Å². The maximum absolute atomic E-state index is 12.6. The van der Waals surface area contributed by atoms with Crippen molar-refractivity contribution < 1.29 is 8.78 Å². The van der Waals surface area contributed by atoms with E-state index in [2.05, 4.69) is 89.0 Å². The molecule has 0 saturated carbocycles. The third kappa shape index (κ3) is 16.1. The number of benzene rings is 2. The topological polar surface area (TPSA) is 37.9 Å². The summed E-state index contributed by atoms with van der Waals surface area (Å²) >= 11 is 0. The zero-order valence-electron chi connectivity index (χ0n) is 37.6. The molecule has 6 rings (SSSR count). The second-order valence-corrected chi connectivity index (χ2v) is 13.6. The average molecular weight is 769 g/mol. The van der Waals surface area contributed by atoms with E-state index in [0.29, 0.717) is 11.1 Å². The van der Waals surface area contributed by atoms with Crippen LogP contribution in [-0.2, 0) is 0 Å². The lowest BCUT2D eigenvalue weighted by molar-refractivity contribution is 0.0384. The summed E-state index contributed by atoms with van der Waals surface area (Å²) in [5.74, 6) is -1.47. The normalized spacial score (nSPS) is 16.5. The van der Waals surface area contributed by atoms with E-state index in [-0.39, 0.29) is 0 Å². The van der Waals surface area contributed by atoms with Gasteiger partial charge in [0.25, 0.3) is 0 Å². The Morgan fingerprint density at radius 3 is 1.49 bits per heavy atom. The summed E-state index contributed by atoms with van der Waals surface area (Å²) in [4.78, 5) is 15.5. The number of unbranched alkanes of at least 4 members (excludes halogenated alkanes) is 1. The van der Waals surface area contributed by atoms with Gasteiger partial charge in [0, 0.05) is 75.7 Å². The number of piperidine rings is 2. The molecule has 3 fully saturated rings. The van der Waals surface area contributed by atoms with Gasteiger partial charge in [-0.1, -0.05) is 87.3 Å². The van der Waals surface area contributed by atoms with Crippen LogP contribution in [0.15, 0.2) is 49.7 Å². The smallest absolute Gasteiger partial charge is 0.161 e. The number of fused-ring (bicyclic) bond motifs is 1. The fraction of sp³-hybridized carbons (Fsp3) is 0.638. The second-order valence-electron chi connectivity index (χ2n) is 13.6. The van der Waals surface area contributed by atoms with Gasteiger partial charge in [-0.15, -0.1) is 13.2 Å². The lowest BCUT2D eigenvalue weighted by atomic mass is 9.98. The Kier molecular flexibility index (Phi) is 28.4. The fourth-order valence-electron chi connectivity index (χ4n) is 7.12. The van der Waals surface area contributed by atoms with Crippen LogP contribution in [-0.4, -0.2) is 97.7 Å². The van der Waals surface area contributed by atoms with E-state index in [1.54, 1.807) is 12.1 Å². The molecule has 3 aliphatic rings. The van der Waals surface area contributed by atoms with Gasteiger partial charge in [-0.25, -0.2) is 8.78 Å². The van der Waals surface area contributed by atoms with E-state index in [4.69, 9.17) is 0 Å². The van der Waals surface area contributed by atoms with E-state index in [9.17, 15) is 8.78 Å². The highest BCUT2D eigenvalue weighted by molar-refractivity contribution is 5.95. The number of pyridine rings is 1. The molecule has 314 valence electrons. The fourth-order valence-corrected chi connectivity index (χ4v) is 7.12. The number of halogens is 2. The number of rotatable bonds is 6. The molecule has 3 saturated heterocycles. The largest absolute Gasteiger partial charge is 0.388 e. The molecular weight excluding hydrogens is 687 g/mol. The minimum Gasteiger partial charge on any atom is -0.388 e. The third-order valence-electron chi connectivity index (χ3n) is 10.4. The summed E-state index contributed by atoms with van der Waals surface area (Å²) in [6.45, 7) is 41.1. The van der Waals surface area contributed by atoms with Crippen molar-refractivity contribution in [3.63, 3.8) is 0 Å². The molecule has 0 unspecified atom stereocenters. The van der Waals surface area contributed by atoms with Crippen LogP contribution in [0.5, 0.6) is 0 Å². The van der Waals surface area contributed by atoms with Crippen LogP contribution in [0.4, 0.5) is 20.2 Å². The molecule has 0 atom stereocenters. The van der Waals surface area contributed by atoms with E-state index < -0.39 is 11.6 Å². The van der Waals surface area contributed by atoms with Crippen molar-refractivity contribution in [2.45, 2.75) is 134 Å². The molecule has 8 heteroatoms. The van der Waals surface area contributed by atoms with Gasteiger partial charge in [-0.2, -0.15) is 0 Å². The highest BCUT2D eigenvalue weighted by Crippen LogP contribution is 2.34. The van der Waals surface area contributed by atoms with E-state index in [1.165, 1.54) is 115 Å². The van der Waals surface area contributed by atoms with Gasteiger partial charge in [0.15, 0.2) is 11.6 Å². The Hall–Kier alpha value is -3.07. The van der Waals surface area contributed by atoms with Crippen LogP contribution in [0.3, 0.4) is 0 Å². The number of piperazine rings is 1. The summed E-state index contributed by atoms with van der Waals surface area (Å²) in [5, 5.41) is 4.57. The van der Waals surface area contributed by atoms with E-state index >= 15 is 0 Å². The first-order valence-electron chi connectivity index (χ1n) is 21.6. The Morgan fingerprint density at radius 1 is 0.655 bits per heavy atom. The number of hydrogen-bond donors (Lipinski definition) is 1. The highest BCUT2D eigenvalue weighted by Gasteiger charge is 2.31. The van der Waals surface area contributed by atoms with Crippen molar-refractivity contribution in [3.8, 4) is 0 Å². The van der Waals surface area contributed by atoms with E-state index in [0.717, 1.165) is 36.4 Å². The van der Waals surface area contributed by atoms with Gasteiger partial charge >= 0.3 is 0 Å². The maximum atomic E-state index is 12.6. The zero-order chi connectivity index (χ0) is 41.9. The molecule has 0 bridgehead atoms. The van der Waals surface area contributed by atoms with E-state index in [1.807, 2.05) is 54.8 Å². The molecule has 0 radical (unpaired) electrons. The van der Waals surface area contributed by atoms with Gasteiger partial charge in [-0.05, 0) is 101 Å². The molecule has 3 aromatic rings. The van der Waals surface area contributed by atoms with Crippen molar-refractivity contribution in [3.05, 3.63) is 78.0 Å². The van der Waals surface area contributed by atoms with Crippen molar-refractivity contribution in [2.75, 3.05) is 76.2 Å². The molecule has 2 aromatic carbocycles. The molecule has 0 spiro atoms. The number of nitrogens with zero attached hydrogens (tertiary/aromatic N) is 5. The molecule has 1 N–H and O–H groups in total. The van der Waals surface area contributed by atoms with Crippen molar-refractivity contribution >= 4 is 22.3 Å². The molecule has 6 nitrogen and oxygen atoms in total. The zero-order valence-corrected chi connectivity index (χ0v) is 37.6. The molecule has 0 amide bonds. The number of anilines is 2. The third-order valence-corrected chi connectivity index (χ3v) is 10.4. The van der Waals surface area contributed by atoms with Crippen LogP contribution in [0.25, 0.3) is 10.9 Å². The molecule has 0 aliphatic carbocycles. The van der Waals surface area contributed by atoms with Gasteiger partial charge < -0.3 is 15.1 Å². The lowest BCUT2D eigenvalue weighted by Gasteiger charge is -2.46. The molecule has 55 heavy (non-hydrogen) atoms. The Morgan fingerprint density at radius 2 is 1.09 bits per heavy atom. The first-order valence-corrected chi connectivity index (χ1v) is 21.6. The number of aromatic nitrogens is 1. The summed E-state index contributed by atoms with van der Waals surface area (Å²) in [5.41, 5.74) is 5.63. The average Bonchev–Trinajstić information content (AvgIpc) is 3.27. The van der Waals surface area contributed by atoms with Crippen molar-refractivity contribution in [1.82, 2.24) is 19.7 Å². The van der Waals surface area contributed by atoms with Crippen LogP contribution in [0.2, 0.25) is 0 Å². The second kappa shape index (κ2) is 30.1. The maximum Gasteiger partial charge on any atom is 0.161 e. The monoisotopic (exact) mass is 769 g/mol. The number of aryl methyl sites for hydroxylation is 3. The Bertz CT molecular complexity index is 1380. The summed E-state index contributed by atoms with van der Waals surface area (Å²) in [6.07, 6.45) is 9.95. The molecule has 3 aliphatic heterocycles. The standard InChI is InChI=1S/C27H42N6.C8H8F2.C4H10.3C2H6.C2H4/c1-4-30-11-7-23(8-12-30)31-15-17-32(18-16-31)24-9-13-33(14-10-24)27-21(2)20-29-26-6-5-22(28-3)19-25(26)27;1-5-3-4-6(2)8(10)7(5)9;1-3-4-2;4*1-2/h5-6,19-20,23-24,28H,4,7-18H2,1-3H3;3-4H,1-2H3;3-4H2,1-2H3;3*1-2H3;1-2H2. The molecule has 4 heterocycles. The number of likely N-dealkylation sites (tertiary alicyclic amines) is 1. The summed E-state index contributed by atoms with van der Waals surface area (Å²) in [6, 6.07) is 11.2. The summed E-state index contributed by atoms with van der Waals surface area (Å²) in [7, 11) is 1.99. The van der Waals surface area contributed by atoms with Gasteiger partial charge in [0.05, 0.1) is 11.2 Å². The van der Waals surface area contributed by atoms with Crippen molar-refractivity contribution in [2.24, 2.45) is 0 Å². The first-order chi connectivity index (χ1) is 26.7. The predicted octanol–water partition coefficient (Wildman–Crippen LogP) is 11.9. The van der Waals surface area contributed by atoms with Crippen LogP contribution >= 0.6 is 0 Å². The van der Waals surface area contributed by atoms with Gasteiger partial charge in [0.1, 0.15) is 0 Å². The van der Waals surface area contributed by atoms with Crippen LogP contribution in [0.1, 0.15) is 118 Å². The SMILES string of the molecule is C=C.CC.CC.CC.CCCC.CCN1CCC(N2CCN(C3CCN(c4c(C)cnc5ccc(NC)cc45)CC3)CC2)CC1.Cc1ccc(C)c(F)c1F. The lowest BCUT2D eigenvalue weighted by Crippen LogP contribution is -2.56. The minimum absolute atomic E-state index is 0.350. The quantitative estimate of drug-likeness (QED) is 0.252. The van der Waals surface area contributed by atoms with Crippen LogP contribution in [0, 0.1) is 32.4 Å². The minimum atomic E-state index is -0.736. The first kappa shape index (κ1) is 51.9. The Labute approximate surface area is 337 Å². The predicted molar refractivity (Wildman–Crippen MR) is 241 cm³/mol.